The molecule has 0 spiro atoms. The summed E-state index contributed by atoms with van der Waals surface area (Å²) in [6.45, 7) is 1.37. The highest BCUT2D eigenvalue weighted by molar-refractivity contribution is 7.89. The zero-order chi connectivity index (χ0) is 20.2. The number of carbonyl (C=O) groups is 1. The number of aryl methyl sites for hydroxylation is 1. The molecule has 0 heterocycles. The van der Waals surface area contributed by atoms with Gasteiger partial charge >= 0.3 is 0 Å². The molecule has 2 aromatic rings. The summed E-state index contributed by atoms with van der Waals surface area (Å²) in [6, 6.07) is 11.1. The largest absolute Gasteiger partial charge is 0.482 e. The van der Waals surface area contributed by atoms with Crippen molar-refractivity contribution in [2.24, 2.45) is 0 Å². The maximum atomic E-state index is 12.4. The molecule has 0 radical (unpaired) electrons. The van der Waals surface area contributed by atoms with Gasteiger partial charge in [-0.3, -0.25) is 4.79 Å². The van der Waals surface area contributed by atoms with Crippen molar-refractivity contribution in [2.75, 3.05) is 26.0 Å². The number of nitrogens with one attached hydrogen (secondary N) is 1. The van der Waals surface area contributed by atoms with Gasteiger partial charge in [-0.2, -0.15) is 5.26 Å². The number of anilines is 1. The molecular formula is C18H18ClN3O4S. The highest BCUT2D eigenvalue weighted by Crippen LogP contribution is 2.27. The number of hydrogen-bond donors (Lipinski definition) is 1. The fraction of sp³-hybridized carbons (Fsp3) is 0.222. The number of hydrogen-bond acceptors (Lipinski definition) is 5. The summed E-state index contributed by atoms with van der Waals surface area (Å²) in [5.41, 5.74) is 1.45. The monoisotopic (exact) mass is 407 g/mol. The van der Waals surface area contributed by atoms with Crippen LogP contribution in [0.4, 0.5) is 5.69 Å². The first kappa shape index (κ1) is 20.7. The molecule has 0 saturated heterocycles. The van der Waals surface area contributed by atoms with Gasteiger partial charge < -0.3 is 10.1 Å². The van der Waals surface area contributed by atoms with Crippen molar-refractivity contribution in [2.45, 2.75) is 11.8 Å². The normalized spacial score (nSPS) is 11.1. The maximum Gasteiger partial charge on any atom is 0.262 e. The molecule has 0 aliphatic heterocycles. The van der Waals surface area contributed by atoms with Gasteiger partial charge in [-0.1, -0.05) is 17.7 Å². The molecule has 0 bridgehead atoms. The summed E-state index contributed by atoms with van der Waals surface area (Å²) in [7, 11) is -0.883. The number of benzene rings is 2. The molecule has 7 nitrogen and oxygen atoms in total. The Labute approximate surface area is 163 Å². The van der Waals surface area contributed by atoms with Gasteiger partial charge in [0.25, 0.3) is 5.91 Å². The lowest BCUT2D eigenvalue weighted by Gasteiger charge is -2.16. The van der Waals surface area contributed by atoms with E-state index in [-0.39, 0.29) is 15.7 Å². The van der Waals surface area contributed by atoms with Crippen LogP contribution in [0.3, 0.4) is 0 Å². The Kier molecular flexibility index (Phi) is 6.44. The van der Waals surface area contributed by atoms with Gasteiger partial charge in [-0.25, -0.2) is 12.7 Å². The second kappa shape index (κ2) is 8.39. The zero-order valence-electron chi connectivity index (χ0n) is 15.0. The predicted molar refractivity (Wildman–Crippen MR) is 102 cm³/mol. The lowest BCUT2D eigenvalue weighted by atomic mass is 10.2. The molecule has 2 aromatic carbocycles. The molecule has 1 amide bonds. The topological polar surface area (TPSA) is 99.5 Å². The van der Waals surface area contributed by atoms with Crippen LogP contribution in [0, 0.1) is 18.3 Å². The molecule has 0 aliphatic rings. The third-order valence-electron chi connectivity index (χ3n) is 3.59. The van der Waals surface area contributed by atoms with E-state index < -0.39 is 22.5 Å². The molecule has 0 unspecified atom stereocenters. The highest BCUT2D eigenvalue weighted by atomic mass is 35.5. The van der Waals surface area contributed by atoms with Crippen LogP contribution in [-0.4, -0.2) is 39.3 Å². The second-order valence-corrected chi connectivity index (χ2v) is 8.41. The molecule has 0 aliphatic carbocycles. The van der Waals surface area contributed by atoms with Crippen molar-refractivity contribution in [3.8, 4) is 11.8 Å². The molecule has 0 atom stereocenters. The Morgan fingerprint density at radius 3 is 2.56 bits per heavy atom. The number of amides is 1. The first-order valence-electron chi connectivity index (χ1n) is 7.80. The minimum Gasteiger partial charge on any atom is -0.482 e. The van der Waals surface area contributed by atoms with E-state index in [0.717, 1.165) is 9.87 Å². The number of nitrogens with zero attached hydrogens (tertiary/aromatic N) is 2. The quantitative estimate of drug-likeness (QED) is 0.793. The van der Waals surface area contributed by atoms with Crippen LogP contribution in [0.25, 0.3) is 0 Å². The third-order valence-corrected chi connectivity index (χ3v) is 5.74. The van der Waals surface area contributed by atoms with Gasteiger partial charge in [0.2, 0.25) is 10.0 Å². The van der Waals surface area contributed by atoms with Crippen molar-refractivity contribution < 1.29 is 17.9 Å². The van der Waals surface area contributed by atoms with Gasteiger partial charge in [-0.15, -0.1) is 0 Å². The van der Waals surface area contributed by atoms with Crippen molar-refractivity contribution in [3.63, 3.8) is 0 Å². The van der Waals surface area contributed by atoms with Crippen LogP contribution in [0.5, 0.6) is 5.75 Å². The molecule has 0 saturated carbocycles. The van der Waals surface area contributed by atoms with E-state index >= 15 is 0 Å². The molecule has 2 rings (SSSR count). The van der Waals surface area contributed by atoms with Crippen LogP contribution in [0.2, 0.25) is 5.02 Å². The Morgan fingerprint density at radius 2 is 1.96 bits per heavy atom. The first-order valence-corrected chi connectivity index (χ1v) is 9.62. The Balaban J connectivity index is 2.14. The van der Waals surface area contributed by atoms with E-state index in [9.17, 15) is 13.2 Å². The highest BCUT2D eigenvalue weighted by Gasteiger charge is 2.23. The van der Waals surface area contributed by atoms with Crippen molar-refractivity contribution in [1.29, 1.82) is 5.26 Å². The molecule has 1 N–H and O–H groups in total. The summed E-state index contributed by atoms with van der Waals surface area (Å²) in [5.74, 6) is -0.410. The van der Waals surface area contributed by atoms with Gasteiger partial charge in [-0.05, 0) is 42.8 Å². The fourth-order valence-corrected chi connectivity index (χ4v) is 3.49. The van der Waals surface area contributed by atoms with Gasteiger partial charge in [0.1, 0.15) is 16.7 Å². The SMILES string of the molecule is Cc1ccc(OCC(=O)Nc2ccc(C#N)c(Cl)c2)c(S(=O)(=O)N(C)C)c1. The van der Waals surface area contributed by atoms with Crippen LogP contribution in [-0.2, 0) is 14.8 Å². The van der Waals surface area contributed by atoms with E-state index in [1.54, 1.807) is 13.0 Å². The number of halogens is 1. The minimum atomic E-state index is -3.72. The summed E-state index contributed by atoms with van der Waals surface area (Å²) >= 11 is 5.92. The van der Waals surface area contributed by atoms with Crippen LogP contribution in [0.15, 0.2) is 41.3 Å². The van der Waals surface area contributed by atoms with E-state index in [4.69, 9.17) is 21.6 Å². The maximum absolute atomic E-state index is 12.4. The second-order valence-electron chi connectivity index (χ2n) is 5.88. The lowest BCUT2D eigenvalue weighted by Crippen LogP contribution is -2.24. The minimum absolute atomic E-state index is 0.0123. The molecule has 142 valence electrons. The summed E-state index contributed by atoms with van der Waals surface area (Å²) in [5, 5.41) is 11.7. The third kappa shape index (κ3) is 4.98. The average Bonchev–Trinajstić information content (AvgIpc) is 2.60. The summed E-state index contributed by atoms with van der Waals surface area (Å²) in [6.07, 6.45) is 0. The molecule has 27 heavy (non-hydrogen) atoms. The van der Waals surface area contributed by atoms with Crippen LogP contribution >= 0.6 is 11.6 Å². The van der Waals surface area contributed by atoms with E-state index in [1.165, 1.54) is 44.4 Å². The van der Waals surface area contributed by atoms with Crippen molar-refractivity contribution in [1.82, 2.24) is 4.31 Å². The Morgan fingerprint density at radius 1 is 1.26 bits per heavy atom. The molecular weight excluding hydrogens is 390 g/mol. The number of rotatable bonds is 6. The van der Waals surface area contributed by atoms with Crippen molar-refractivity contribution in [3.05, 3.63) is 52.5 Å². The van der Waals surface area contributed by atoms with E-state index in [2.05, 4.69) is 5.32 Å². The van der Waals surface area contributed by atoms with E-state index in [0.29, 0.717) is 11.3 Å². The first-order chi connectivity index (χ1) is 12.6. The van der Waals surface area contributed by atoms with Gasteiger partial charge in [0, 0.05) is 19.8 Å². The molecule has 0 aromatic heterocycles. The zero-order valence-corrected chi connectivity index (χ0v) is 16.6. The predicted octanol–water partition coefficient (Wildman–Crippen LogP) is 2.79. The summed E-state index contributed by atoms with van der Waals surface area (Å²) in [4.78, 5) is 12.1. The van der Waals surface area contributed by atoms with Crippen molar-refractivity contribution >= 4 is 33.2 Å². The Bertz CT molecular complexity index is 1010. The number of carbonyl (C=O) groups excluding carboxylic acids is 1. The fourth-order valence-electron chi connectivity index (χ4n) is 2.16. The number of ether oxygens (including phenoxy) is 1. The molecule has 0 fully saturated rings. The van der Waals surface area contributed by atoms with Crippen LogP contribution in [0.1, 0.15) is 11.1 Å². The van der Waals surface area contributed by atoms with E-state index in [1.807, 2.05) is 6.07 Å². The standard InChI is InChI=1S/C18H18ClN3O4S/c1-12-4-7-16(17(8-12)27(24,25)22(2)3)26-11-18(23)21-14-6-5-13(10-20)15(19)9-14/h4-9H,11H2,1-3H3,(H,21,23). The van der Waals surface area contributed by atoms with Gasteiger partial charge in [0.05, 0.1) is 10.6 Å². The smallest absolute Gasteiger partial charge is 0.262 e. The van der Waals surface area contributed by atoms with Crippen LogP contribution < -0.4 is 10.1 Å². The van der Waals surface area contributed by atoms with Gasteiger partial charge in [0.15, 0.2) is 6.61 Å². The average molecular weight is 408 g/mol. The lowest BCUT2D eigenvalue weighted by molar-refractivity contribution is -0.118. The number of sulfonamides is 1. The number of nitriles is 1. The Hall–Kier alpha value is -2.60. The summed E-state index contributed by atoms with van der Waals surface area (Å²) < 4.78 is 31.4. The molecule has 9 heteroatoms.